The summed E-state index contributed by atoms with van der Waals surface area (Å²) < 4.78 is 1.67. The predicted molar refractivity (Wildman–Crippen MR) is 68.6 cm³/mol. The Morgan fingerprint density at radius 2 is 2.18 bits per heavy atom. The smallest absolute Gasteiger partial charge is 0.242 e. The van der Waals surface area contributed by atoms with Crippen LogP contribution in [0.1, 0.15) is 33.4 Å². The van der Waals surface area contributed by atoms with Gasteiger partial charge in [-0.2, -0.15) is 5.10 Å². The lowest BCUT2D eigenvalue weighted by atomic mass is 9.91. The van der Waals surface area contributed by atoms with E-state index in [2.05, 4.69) is 31.2 Å². The molecule has 0 aliphatic carbocycles. The monoisotopic (exact) mass is 238 g/mol. The Morgan fingerprint density at radius 1 is 1.59 bits per heavy atom. The van der Waals surface area contributed by atoms with Gasteiger partial charge in [-0.1, -0.05) is 20.8 Å². The van der Waals surface area contributed by atoms with E-state index in [9.17, 15) is 4.79 Å². The Labute approximate surface area is 102 Å². The van der Waals surface area contributed by atoms with Gasteiger partial charge in [-0.25, -0.2) is 0 Å². The minimum absolute atomic E-state index is 0.177. The van der Waals surface area contributed by atoms with Crippen molar-refractivity contribution in [3.8, 4) is 0 Å². The van der Waals surface area contributed by atoms with Crippen molar-refractivity contribution < 1.29 is 4.79 Å². The van der Waals surface area contributed by atoms with E-state index in [0.717, 1.165) is 12.1 Å². The molecule has 17 heavy (non-hydrogen) atoms. The normalized spacial score (nSPS) is 13.5. The molecule has 0 fully saturated rings. The van der Waals surface area contributed by atoms with Crippen molar-refractivity contribution in [2.45, 2.75) is 40.2 Å². The highest BCUT2D eigenvalue weighted by atomic mass is 16.2. The maximum Gasteiger partial charge on any atom is 0.242 e. The molecule has 0 radical (unpaired) electrons. The molecule has 0 bridgehead atoms. The Hall–Kier alpha value is -1.36. The van der Waals surface area contributed by atoms with Crippen LogP contribution in [0.5, 0.6) is 0 Å². The van der Waals surface area contributed by atoms with Crippen LogP contribution in [0.25, 0.3) is 0 Å². The van der Waals surface area contributed by atoms with Crippen LogP contribution in [0.2, 0.25) is 0 Å². The molecular formula is C12H22N4O. The SMILES string of the molecule is C[C@H](N)C(=O)Nc1cc(CC(C)(C)C)nn1C. The van der Waals surface area contributed by atoms with Crippen LogP contribution in [0.3, 0.4) is 0 Å². The van der Waals surface area contributed by atoms with E-state index >= 15 is 0 Å². The molecule has 5 heteroatoms. The van der Waals surface area contributed by atoms with Crippen LogP contribution in [0.4, 0.5) is 5.82 Å². The lowest BCUT2D eigenvalue weighted by molar-refractivity contribution is -0.117. The Morgan fingerprint density at radius 3 is 2.65 bits per heavy atom. The van der Waals surface area contributed by atoms with Gasteiger partial charge in [0.15, 0.2) is 0 Å². The van der Waals surface area contributed by atoms with Crippen LogP contribution in [-0.2, 0) is 18.3 Å². The summed E-state index contributed by atoms with van der Waals surface area (Å²) in [6.45, 7) is 8.12. The number of carbonyl (C=O) groups is 1. The summed E-state index contributed by atoms with van der Waals surface area (Å²) in [5, 5.41) is 7.12. The number of hydrogen-bond acceptors (Lipinski definition) is 3. The Bertz CT molecular complexity index is 401. The van der Waals surface area contributed by atoms with Gasteiger partial charge < -0.3 is 11.1 Å². The van der Waals surface area contributed by atoms with E-state index in [1.807, 2.05) is 13.1 Å². The molecule has 1 amide bonds. The molecule has 1 heterocycles. The summed E-state index contributed by atoms with van der Waals surface area (Å²) in [5.74, 6) is 0.488. The third kappa shape index (κ3) is 4.19. The summed E-state index contributed by atoms with van der Waals surface area (Å²) >= 11 is 0. The number of hydrogen-bond donors (Lipinski definition) is 2. The maximum atomic E-state index is 11.5. The number of amides is 1. The van der Waals surface area contributed by atoms with Crippen molar-refractivity contribution in [2.75, 3.05) is 5.32 Å². The van der Waals surface area contributed by atoms with Crippen molar-refractivity contribution in [1.29, 1.82) is 0 Å². The first-order valence-corrected chi connectivity index (χ1v) is 5.78. The van der Waals surface area contributed by atoms with Crippen LogP contribution >= 0.6 is 0 Å². The molecule has 3 N–H and O–H groups in total. The molecule has 1 aromatic heterocycles. The summed E-state index contributed by atoms with van der Waals surface area (Å²) in [4.78, 5) is 11.5. The van der Waals surface area contributed by atoms with E-state index in [-0.39, 0.29) is 11.3 Å². The first-order chi connectivity index (χ1) is 7.69. The highest BCUT2D eigenvalue weighted by Gasteiger charge is 2.16. The predicted octanol–water partition coefficient (Wildman–Crippen LogP) is 1.29. The minimum atomic E-state index is -0.518. The first-order valence-electron chi connectivity index (χ1n) is 5.78. The molecule has 0 saturated heterocycles. The molecule has 96 valence electrons. The van der Waals surface area contributed by atoms with Gasteiger partial charge in [-0.05, 0) is 18.8 Å². The van der Waals surface area contributed by atoms with E-state index < -0.39 is 6.04 Å². The molecule has 0 spiro atoms. The second kappa shape index (κ2) is 4.87. The highest BCUT2D eigenvalue weighted by molar-refractivity contribution is 5.93. The zero-order chi connectivity index (χ0) is 13.2. The number of aryl methyl sites for hydroxylation is 1. The molecule has 1 atom stereocenters. The summed E-state index contributed by atoms with van der Waals surface area (Å²) in [6.07, 6.45) is 0.870. The maximum absolute atomic E-state index is 11.5. The lowest BCUT2D eigenvalue weighted by Crippen LogP contribution is -2.33. The Balaban J connectivity index is 2.79. The van der Waals surface area contributed by atoms with Gasteiger partial charge in [-0.3, -0.25) is 9.48 Å². The fraction of sp³-hybridized carbons (Fsp3) is 0.667. The van der Waals surface area contributed by atoms with Crippen LogP contribution < -0.4 is 11.1 Å². The van der Waals surface area contributed by atoms with E-state index in [4.69, 9.17) is 5.73 Å². The van der Waals surface area contributed by atoms with Gasteiger partial charge >= 0.3 is 0 Å². The van der Waals surface area contributed by atoms with Gasteiger partial charge in [0.05, 0.1) is 11.7 Å². The molecule has 0 unspecified atom stereocenters. The fourth-order valence-corrected chi connectivity index (χ4v) is 1.51. The number of anilines is 1. The van der Waals surface area contributed by atoms with Crippen molar-refractivity contribution in [3.05, 3.63) is 11.8 Å². The van der Waals surface area contributed by atoms with Crippen LogP contribution in [0.15, 0.2) is 6.07 Å². The molecule has 0 aliphatic rings. The average Bonchev–Trinajstić information content (AvgIpc) is 2.43. The van der Waals surface area contributed by atoms with E-state index in [1.165, 1.54) is 0 Å². The van der Waals surface area contributed by atoms with Gasteiger partial charge in [0.25, 0.3) is 0 Å². The number of carbonyl (C=O) groups excluding carboxylic acids is 1. The third-order valence-electron chi connectivity index (χ3n) is 2.31. The standard InChI is InChI=1S/C12H22N4O/c1-8(13)11(17)14-10-6-9(15-16(10)5)7-12(2,3)4/h6,8H,7,13H2,1-5H3,(H,14,17)/t8-/m0/s1. The van der Waals surface area contributed by atoms with Gasteiger partial charge in [0.1, 0.15) is 5.82 Å². The average molecular weight is 238 g/mol. The van der Waals surface area contributed by atoms with Gasteiger partial charge in [0.2, 0.25) is 5.91 Å². The zero-order valence-corrected chi connectivity index (χ0v) is 11.2. The summed E-state index contributed by atoms with van der Waals surface area (Å²) in [7, 11) is 1.81. The van der Waals surface area contributed by atoms with Crippen molar-refractivity contribution in [1.82, 2.24) is 9.78 Å². The number of aromatic nitrogens is 2. The number of nitrogens with two attached hydrogens (primary N) is 1. The minimum Gasteiger partial charge on any atom is -0.320 e. The second-order valence-corrected chi connectivity index (χ2v) is 5.66. The van der Waals surface area contributed by atoms with Crippen molar-refractivity contribution >= 4 is 11.7 Å². The molecular weight excluding hydrogens is 216 g/mol. The fourth-order valence-electron chi connectivity index (χ4n) is 1.51. The molecule has 1 rings (SSSR count). The molecule has 5 nitrogen and oxygen atoms in total. The molecule has 0 aromatic carbocycles. The zero-order valence-electron chi connectivity index (χ0n) is 11.2. The van der Waals surface area contributed by atoms with Gasteiger partial charge in [0, 0.05) is 13.1 Å². The largest absolute Gasteiger partial charge is 0.320 e. The topological polar surface area (TPSA) is 72.9 Å². The number of rotatable bonds is 3. The molecule has 0 aliphatic heterocycles. The van der Waals surface area contributed by atoms with Crippen molar-refractivity contribution in [2.24, 2.45) is 18.2 Å². The summed E-state index contributed by atoms with van der Waals surface area (Å²) in [5.41, 5.74) is 6.65. The quantitative estimate of drug-likeness (QED) is 0.833. The molecule has 0 saturated carbocycles. The highest BCUT2D eigenvalue weighted by Crippen LogP contribution is 2.21. The lowest BCUT2D eigenvalue weighted by Gasteiger charge is -2.15. The number of nitrogens with one attached hydrogen (secondary N) is 1. The van der Waals surface area contributed by atoms with E-state index in [1.54, 1.807) is 11.6 Å². The van der Waals surface area contributed by atoms with Crippen LogP contribution in [0, 0.1) is 5.41 Å². The number of nitrogens with zero attached hydrogens (tertiary/aromatic N) is 2. The first kappa shape index (κ1) is 13.7. The third-order valence-corrected chi connectivity index (χ3v) is 2.31. The summed E-state index contributed by atoms with van der Waals surface area (Å²) in [6, 6.07) is 1.38. The molecule has 1 aromatic rings. The van der Waals surface area contributed by atoms with Gasteiger partial charge in [-0.15, -0.1) is 0 Å². The van der Waals surface area contributed by atoms with Crippen LogP contribution in [-0.4, -0.2) is 21.7 Å². The van der Waals surface area contributed by atoms with Crippen molar-refractivity contribution in [3.63, 3.8) is 0 Å². The second-order valence-electron chi connectivity index (χ2n) is 5.66. The van der Waals surface area contributed by atoms with E-state index in [0.29, 0.717) is 5.82 Å². The Kier molecular flexibility index (Phi) is 3.93.